The maximum absolute atomic E-state index is 12.4. The largest absolute Gasteiger partial charge is 0.459 e. The first kappa shape index (κ1) is 18.3. The number of carbonyl (C=O) groups excluding carboxylic acids is 1. The second kappa shape index (κ2) is 8.27. The monoisotopic (exact) mass is 354 g/mol. The quantitative estimate of drug-likeness (QED) is 0.770. The van der Waals surface area contributed by atoms with Gasteiger partial charge in [0.15, 0.2) is 0 Å². The van der Waals surface area contributed by atoms with Gasteiger partial charge >= 0.3 is 5.97 Å². The van der Waals surface area contributed by atoms with E-state index in [9.17, 15) is 4.79 Å². The minimum atomic E-state index is -0.311. The molecule has 1 aliphatic rings. The van der Waals surface area contributed by atoms with Crippen molar-refractivity contribution >= 4 is 11.8 Å². The van der Waals surface area contributed by atoms with Gasteiger partial charge in [0, 0.05) is 50.8 Å². The fourth-order valence-electron chi connectivity index (χ4n) is 3.24. The molecule has 1 saturated heterocycles. The van der Waals surface area contributed by atoms with Gasteiger partial charge in [-0.25, -0.2) is 9.78 Å². The Hall–Kier alpha value is -2.47. The van der Waals surface area contributed by atoms with E-state index in [4.69, 9.17) is 4.74 Å². The van der Waals surface area contributed by atoms with Crippen molar-refractivity contribution in [3.8, 4) is 0 Å². The van der Waals surface area contributed by atoms with Crippen molar-refractivity contribution in [3.63, 3.8) is 0 Å². The lowest BCUT2D eigenvalue weighted by Crippen LogP contribution is -2.47. The molecule has 0 N–H and O–H groups in total. The Morgan fingerprint density at radius 3 is 2.46 bits per heavy atom. The minimum Gasteiger partial charge on any atom is -0.459 e. The van der Waals surface area contributed by atoms with Gasteiger partial charge in [0.2, 0.25) is 0 Å². The maximum Gasteiger partial charge on any atom is 0.342 e. The van der Waals surface area contributed by atoms with Crippen molar-refractivity contribution in [2.45, 2.75) is 32.9 Å². The first-order valence-corrected chi connectivity index (χ1v) is 9.11. The summed E-state index contributed by atoms with van der Waals surface area (Å²) in [6.45, 7) is 9.38. The highest BCUT2D eigenvalue weighted by atomic mass is 16.5. The molecule has 0 saturated carbocycles. The highest BCUT2D eigenvalue weighted by Crippen LogP contribution is 2.24. The van der Waals surface area contributed by atoms with E-state index in [-0.39, 0.29) is 12.1 Å². The predicted molar refractivity (Wildman–Crippen MR) is 101 cm³/mol. The molecule has 0 amide bonds. The number of rotatable bonds is 5. The highest BCUT2D eigenvalue weighted by Gasteiger charge is 2.26. The van der Waals surface area contributed by atoms with E-state index in [1.807, 2.05) is 26.1 Å². The Morgan fingerprint density at radius 2 is 1.81 bits per heavy atom. The molecular formula is C20H26N4O2. The maximum atomic E-state index is 12.4. The number of aromatic nitrogens is 2. The summed E-state index contributed by atoms with van der Waals surface area (Å²) in [6, 6.07) is 7.98. The standard InChI is InChI=1S/C20H26N4O2/c1-15(2)26-20(25)18-7-5-9-22-19(18)24-12-10-23(11-13-24)16(3)17-6-4-8-21-14-17/h4-9,14-16H,10-13H2,1-3H3. The second-order valence-corrected chi connectivity index (χ2v) is 6.81. The lowest BCUT2D eigenvalue weighted by atomic mass is 10.1. The molecule has 138 valence electrons. The molecule has 2 aromatic heterocycles. The van der Waals surface area contributed by atoms with Crippen molar-refractivity contribution < 1.29 is 9.53 Å². The van der Waals surface area contributed by atoms with Gasteiger partial charge in [-0.05, 0) is 44.5 Å². The van der Waals surface area contributed by atoms with Crippen molar-refractivity contribution in [2.24, 2.45) is 0 Å². The molecule has 1 unspecified atom stereocenters. The number of piperazine rings is 1. The molecule has 0 aliphatic carbocycles. The number of anilines is 1. The number of hydrogen-bond acceptors (Lipinski definition) is 6. The molecule has 0 aromatic carbocycles. The van der Waals surface area contributed by atoms with Crippen LogP contribution in [0.5, 0.6) is 0 Å². The number of carbonyl (C=O) groups is 1. The van der Waals surface area contributed by atoms with E-state index >= 15 is 0 Å². The summed E-state index contributed by atoms with van der Waals surface area (Å²) in [5, 5.41) is 0. The molecule has 26 heavy (non-hydrogen) atoms. The predicted octanol–water partition coefficient (Wildman–Crippen LogP) is 2.93. The summed E-state index contributed by atoms with van der Waals surface area (Å²) in [4.78, 5) is 25.6. The van der Waals surface area contributed by atoms with Crippen LogP contribution in [0.2, 0.25) is 0 Å². The van der Waals surface area contributed by atoms with Gasteiger partial charge in [-0.1, -0.05) is 6.07 Å². The van der Waals surface area contributed by atoms with E-state index in [0.29, 0.717) is 17.4 Å². The molecule has 0 radical (unpaired) electrons. The number of esters is 1. The zero-order chi connectivity index (χ0) is 18.5. The third-order valence-electron chi connectivity index (χ3n) is 4.68. The fourth-order valence-corrected chi connectivity index (χ4v) is 3.24. The van der Waals surface area contributed by atoms with Crippen LogP contribution in [0.4, 0.5) is 5.82 Å². The topological polar surface area (TPSA) is 58.6 Å². The molecule has 1 aliphatic heterocycles. The Kier molecular flexibility index (Phi) is 5.83. The van der Waals surface area contributed by atoms with Gasteiger partial charge in [-0.3, -0.25) is 9.88 Å². The van der Waals surface area contributed by atoms with E-state index in [1.54, 1.807) is 24.5 Å². The van der Waals surface area contributed by atoms with E-state index in [2.05, 4.69) is 32.8 Å². The number of nitrogens with zero attached hydrogens (tertiary/aromatic N) is 4. The van der Waals surface area contributed by atoms with Crippen LogP contribution < -0.4 is 4.90 Å². The molecule has 6 nitrogen and oxygen atoms in total. The summed E-state index contributed by atoms with van der Waals surface area (Å²) in [5.74, 6) is 0.404. The Morgan fingerprint density at radius 1 is 1.08 bits per heavy atom. The summed E-state index contributed by atoms with van der Waals surface area (Å²) in [5.41, 5.74) is 1.76. The molecule has 3 heterocycles. The van der Waals surface area contributed by atoms with Gasteiger partial charge < -0.3 is 9.64 Å². The van der Waals surface area contributed by atoms with Crippen LogP contribution in [0.15, 0.2) is 42.9 Å². The van der Waals surface area contributed by atoms with Crippen LogP contribution in [-0.4, -0.2) is 53.1 Å². The minimum absolute atomic E-state index is 0.146. The lowest BCUT2D eigenvalue weighted by Gasteiger charge is -2.39. The third-order valence-corrected chi connectivity index (χ3v) is 4.68. The van der Waals surface area contributed by atoms with Gasteiger partial charge in [0.25, 0.3) is 0 Å². The summed E-state index contributed by atoms with van der Waals surface area (Å²) in [6.07, 6.45) is 5.31. The SMILES string of the molecule is CC(C)OC(=O)c1cccnc1N1CCN(C(C)c2cccnc2)CC1. The van der Waals surface area contributed by atoms with Gasteiger partial charge in [0.1, 0.15) is 11.4 Å². The van der Waals surface area contributed by atoms with Crippen molar-refractivity contribution in [2.75, 3.05) is 31.1 Å². The number of ether oxygens (including phenoxy) is 1. The average molecular weight is 354 g/mol. The summed E-state index contributed by atoms with van der Waals surface area (Å²) in [7, 11) is 0. The highest BCUT2D eigenvalue weighted by molar-refractivity contribution is 5.94. The average Bonchev–Trinajstić information content (AvgIpc) is 2.68. The van der Waals surface area contributed by atoms with Gasteiger partial charge in [0.05, 0.1) is 6.10 Å². The lowest BCUT2D eigenvalue weighted by molar-refractivity contribution is 0.0378. The van der Waals surface area contributed by atoms with Crippen LogP contribution >= 0.6 is 0 Å². The van der Waals surface area contributed by atoms with Crippen LogP contribution in [0, 0.1) is 0 Å². The van der Waals surface area contributed by atoms with Crippen LogP contribution in [0.1, 0.15) is 42.7 Å². The van der Waals surface area contributed by atoms with E-state index in [1.165, 1.54) is 5.56 Å². The molecule has 3 rings (SSSR count). The van der Waals surface area contributed by atoms with Crippen LogP contribution in [0.3, 0.4) is 0 Å². The molecule has 1 fully saturated rings. The Labute approximate surface area is 154 Å². The molecular weight excluding hydrogens is 328 g/mol. The van der Waals surface area contributed by atoms with E-state index in [0.717, 1.165) is 26.2 Å². The first-order valence-electron chi connectivity index (χ1n) is 9.11. The van der Waals surface area contributed by atoms with Crippen molar-refractivity contribution in [1.29, 1.82) is 0 Å². The Bertz CT molecular complexity index is 728. The summed E-state index contributed by atoms with van der Waals surface area (Å²) >= 11 is 0. The van der Waals surface area contributed by atoms with Crippen molar-refractivity contribution in [3.05, 3.63) is 54.0 Å². The molecule has 2 aromatic rings. The second-order valence-electron chi connectivity index (χ2n) is 6.81. The van der Waals surface area contributed by atoms with Gasteiger partial charge in [-0.15, -0.1) is 0 Å². The van der Waals surface area contributed by atoms with Gasteiger partial charge in [-0.2, -0.15) is 0 Å². The molecule has 1 atom stereocenters. The fraction of sp³-hybridized carbons (Fsp3) is 0.450. The van der Waals surface area contributed by atoms with E-state index < -0.39 is 0 Å². The molecule has 0 bridgehead atoms. The normalized spacial score (nSPS) is 16.5. The number of hydrogen-bond donors (Lipinski definition) is 0. The molecule has 6 heteroatoms. The Balaban J connectivity index is 1.68. The zero-order valence-corrected chi connectivity index (χ0v) is 15.6. The molecule has 0 spiro atoms. The summed E-state index contributed by atoms with van der Waals surface area (Å²) < 4.78 is 5.36. The smallest absolute Gasteiger partial charge is 0.342 e. The number of pyridine rings is 2. The van der Waals surface area contributed by atoms with Crippen molar-refractivity contribution in [1.82, 2.24) is 14.9 Å². The third kappa shape index (κ3) is 4.19. The zero-order valence-electron chi connectivity index (χ0n) is 15.6. The van der Waals surface area contributed by atoms with Crippen LogP contribution in [0.25, 0.3) is 0 Å². The first-order chi connectivity index (χ1) is 12.6. The van der Waals surface area contributed by atoms with Crippen LogP contribution in [-0.2, 0) is 4.74 Å².